The summed E-state index contributed by atoms with van der Waals surface area (Å²) in [7, 11) is -3.35. The maximum atomic E-state index is 12.2. The van der Waals surface area contributed by atoms with Crippen LogP contribution in [0.3, 0.4) is 0 Å². The number of benzene rings is 2. The largest absolute Gasteiger partial charge is 0.381 e. The Kier molecular flexibility index (Phi) is 7.07. The molecule has 0 radical (unpaired) electrons. The zero-order chi connectivity index (χ0) is 20.9. The summed E-state index contributed by atoms with van der Waals surface area (Å²) in [4.78, 5) is 12.2. The van der Waals surface area contributed by atoms with Gasteiger partial charge in [-0.2, -0.15) is 0 Å². The fourth-order valence-corrected chi connectivity index (χ4v) is 3.24. The fraction of sp³-hybridized carbons (Fsp3) is 0.381. The van der Waals surface area contributed by atoms with Crippen molar-refractivity contribution in [2.75, 3.05) is 10.0 Å². The van der Waals surface area contributed by atoms with Crippen LogP contribution in [0.25, 0.3) is 0 Å². The van der Waals surface area contributed by atoms with E-state index in [1.165, 1.54) is 0 Å². The van der Waals surface area contributed by atoms with Crippen molar-refractivity contribution in [2.45, 2.75) is 52.5 Å². The van der Waals surface area contributed by atoms with Crippen LogP contribution in [0.15, 0.2) is 42.5 Å². The van der Waals surface area contributed by atoms with Crippen molar-refractivity contribution in [2.24, 2.45) is 0 Å². The van der Waals surface area contributed by atoms with Crippen molar-refractivity contribution in [1.29, 1.82) is 0 Å². The second-order valence-electron chi connectivity index (χ2n) is 7.46. The predicted molar refractivity (Wildman–Crippen MR) is 115 cm³/mol. The molecule has 0 aliphatic carbocycles. The zero-order valence-electron chi connectivity index (χ0n) is 17.0. The van der Waals surface area contributed by atoms with Crippen LogP contribution in [0.5, 0.6) is 0 Å². The summed E-state index contributed by atoms with van der Waals surface area (Å²) in [5.74, 6) is -0.0939. The Hall–Kier alpha value is -2.54. The van der Waals surface area contributed by atoms with Gasteiger partial charge in [0, 0.05) is 29.5 Å². The van der Waals surface area contributed by atoms with Gasteiger partial charge in [0.1, 0.15) is 0 Å². The number of rotatable bonds is 8. The van der Waals surface area contributed by atoms with Crippen LogP contribution in [0, 0.1) is 6.92 Å². The van der Waals surface area contributed by atoms with Crippen molar-refractivity contribution in [3.63, 3.8) is 0 Å². The predicted octanol–water partition coefficient (Wildman–Crippen LogP) is 3.90. The van der Waals surface area contributed by atoms with Crippen molar-refractivity contribution in [3.05, 3.63) is 59.2 Å². The molecule has 0 bridgehead atoms. The minimum atomic E-state index is -3.35. The maximum Gasteiger partial charge on any atom is 0.251 e. The summed E-state index contributed by atoms with van der Waals surface area (Å²) in [6.45, 7) is 9.64. The minimum absolute atomic E-state index is 0.0797. The summed E-state index contributed by atoms with van der Waals surface area (Å²) >= 11 is 0. The third kappa shape index (κ3) is 6.27. The van der Waals surface area contributed by atoms with Crippen LogP contribution in [-0.4, -0.2) is 25.6 Å². The molecule has 2 aromatic carbocycles. The van der Waals surface area contributed by atoms with E-state index < -0.39 is 15.3 Å². The van der Waals surface area contributed by atoms with Gasteiger partial charge in [-0.1, -0.05) is 12.1 Å². The molecular weight excluding hydrogens is 374 g/mol. The Bertz CT molecular complexity index is 920. The number of amides is 1. The van der Waals surface area contributed by atoms with Gasteiger partial charge in [-0.25, -0.2) is 8.42 Å². The first-order valence-corrected chi connectivity index (χ1v) is 10.9. The van der Waals surface area contributed by atoms with Gasteiger partial charge in [-0.3, -0.25) is 9.52 Å². The minimum Gasteiger partial charge on any atom is -0.381 e. The van der Waals surface area contributed by atoms with E-state index >= 15 is 0 Å². The van der Waals surface area contributed by atoms with E-state index in [0.717, 1.165) is 16.8 Å². The summed E-state index contributed by atoms with van der Waals surface area (Å²) in [5.41, 5.74) is 4.02. The van der Waals surface area contributed by atoms with Gasteiger partial charge in [-0.15, -0.1) is 0 Å². The van der Waals surface area contributed by atoms with Crippen molar-refractivity contribution in [1.82, 2.24) is 5.32 Å². The summed E-state index contributed by atoms with van der Waals surface area (Å²) in [6, 6.07) is 13.0. The first kappa shape index (κ1) is 21.8. The topological polar surface area (TPSA) is 87.3 Å². The lowest BCUT2D eigenvalue weighted by atomic mass is 10.1. The van der Waals surface area contributed by atoms with Gasteiger partial charge in [0.25, 0.3) is 5.91 Å². The lowest BCUT2D eigenvalue weighted by Crippen LogP contribution is -2.30. The van der Waals surface area contributed by atoms with E-state index in [1.54, 1.807) is 26.0 Å². The van der Waals surface area contributed by atoms with Gasteiger partial charge < -0.3 is 10.6 Å². The average molecular weight is 404 g/mol. The zero-order valence-corrected chi connectivity index (χ0v) is 17.9. The van der Waals surface area contributed by atoms with Gasteiger partial charge in [0.15, 0.2) is 0 Å². The highest BCUT2D eigenvalue weighted by Crippen LogP contribution is 2.18. The standard InChI is InChI=1S/C21H29N3O3S/c1-14(2)23-21(25)18-10-16(5)11-20(12-18)22-13-17-6-8-19(9-7-17)24-28(26,27)15(3)4/h6-12,14-15,22,24H,13H2,1-5H3,(H,23,25). The van der Waals surface area contributed by atoms with E-state index in [4.69, 9.17) is 0 Å². The Balaban J connectivity index is 2.04. The molecule has 1 amide bonds. The molecule has 0 spiro atoms. The number of nitrogens with one attached hydrogen (secondary N) is 3. The smallest absolute Gasteiger partial charge is 0.251 e. The average Bonchev–Trinajstić information content (AvgIpc) is 2.59. The van der Waals surface area contributed by atoms with E-state index in [0.29, 0.717) is 17.8 Å². The van der Waals surface area contributed by atoms with Crippen molar-refractivity contribution >= 4 is 27.3 Å². The van der Waals surface area contributed by atoms with Gasteiger partial charge in [0.05, 0.1) is 5.25 Å². The molecule has 0 saturated heterocycles. The van der Waals surface area contributed by atoms with Crippen LogP contribution in [-0.2, 0) is 16.6 Å². The molecule has 2 aromatic rings. The Morgan fingerprint density at radius 1 is 0.964 bits per heavy atom. The molecule has 2 rings (SSSR count). The molecular formula is C21H29N3O3S. The lowest BCUT2D eigenvalue weighted by molar-refractivity contribution is 0.0943. The van der Waals surface area contributed by atoms with Gasteiger partial charge in [-0.05, 0) is 76.1 Å². The molecule has 0 aliphatic heterocycles. The Labute approximate surface area is 167 Å². The van der Waals surface area contributed by atoms with E-state index in [-0.39, 0.29) is 11.9 Å². The SMILES string of the molecule is Cc1cc(NCc2ccc(NS(=O)(=O)C(C)C)cc2)cc(C(=O)NC(C)C)c1. The molecule has 3 N–H and O–H groups in total. The maximum absolute atomic E-state index is 12.2. The second kappa shape index (κ2) is 9.10. The van der Waals surface area contributed by atoms with Crippen molar-refractivity contribution in [3.8, 4) is 0 Å². The molecule has 0 fully saturated rings. The molecule has 0 aromatic heterocycles. The molecule has 152 valence electrons. The lowest BCUT2D eigenvalue weighted by Gasteiger charge is -2.13. The first-order valence-electron chi connectivity index (χ1n) is 9.34. The number of carbonyl (C=O) groups excluding carboxylic acids is 1. The molecule has 0 heterocycles. The molecule has 0 aliphatic rings. The summed E-state index contributed by atoms with van der Waals surface area (Å²) in [6.07, 6.45) is 0. The molecule has 6 nitrogen and oxygen atoms in total. The Morgan fingerprint density at radius 3 is 2.18 bits per heavy atom. The number of anilines is 2. The van der Waals surface area contributed by atoms with E-state index in [9.17, 15) is 13.2 Å². The first-order chi connectivity index (χ1) is 13.1. The number of aryl methyl sites for hydroxylation is 1. The van der Waals surface area contributed by atoms with E-state index in [1.807, 2.05) is 51.1 Å². The molecule has 28 heavy (non-hydrogen) atoms. The van der Waals surface area contributed by atoms with E-state index in [2.05, 4.69) is 15.4 Å². The quantitative estimate of drug-likeness (QED) is 0.624. The Morgan fingerprint density at radius 2 is 1.61 bits per heavy atom. The fourth-order valence-electron chi connectivity index (χ4n) is 2.54. The molecule has 0 unspecified atom stereocenters. The highest BCUT2D eigenvalue weighted by atomic mass is 32.2. The number of sulfonamides is 1. The normalized spacial score (nSPS) is 11.5. The monoisotopic (exact) mass is 403 g/mol. The van der Waals surface area contributed by atoms with Crippen LogP contribution >= 0.6 is 0 Å². The third-order valence-corrected chi connectivity index (χ3v) is 5.85. The van der Waals surface area contributed by atoms with Gasteiger partial charge in [0.2, 0.25) is 10.0 Å². The molecule has 7 heteroatoms. The molecule has 0 saturated carbocycles. The highest BCUT2D eigenvalue weighted by Gasteiger charge is 2.15. The second-order valence-corrected chi connectivity index (χ2v) is 9.70. The van der Waals surface area contributed by atoms with Crippen molar-refractivity contribution < 1.29 is 13.2 Å². The summed E-state index contributed by atoms with van der Waals surface area (Å²) in [5, 5.41) is 5.73. The van der Waals surface area contributed by atoms with Crippen LogP contribution in [0.1, 0.15) is 49.2 Å². The molecule has 0 atom stereocenters. The van der Waals surface area contributed by atoms with Crippen LogP contribution < -0.4 is 15.4 Å². The van der Waals surface area contributed by atoms with Gasteiger partial charge >= 0.3 is 0 Å². The third-order valence-electron chi connectivity index (χ3n) is 4.09. The number of hydrogen-bond donors (Lipinski definition) is 3. The highest BCUT2D eigenvalue weighted by molar-refractivity contribution is 7.93. The summed E-state index contributed by atoms with van der Waals surface area (Å²) < 4.78 is 26.4. The number of carbonyl (C=O) groups is 1. The van der Waals surface area contributed by atoms with Crippen LogP contribution in [0.2, 0.25) is 0 Å². The number of hydrogen-bond acceptors (Lipinski definition) is 4. The van der Waals surface area contributed by atoms with Crippen LogP contribution in [0.4, 0.5) is 11.4 Å².